The highest BCUT2D eigenvalue weighted by molar-refractivity contribution is 5.43. The van der Waals surface area contributed by atoms with Crippen LogP contribution >= 0.6 is 0 Å². The van der Waals surface area contributed by atoms with Gasteiger partial charge in [-0.3, -0.25) is 0 Å². The maximum Gasteiger partial charge on any atom is 0.0216 e. The van der Waals surface area contributed by atoms with Gasteiger partial charge in [0.2, 0.25) is 0 Å². The van der Waals surface area contributed by atoms with Gasteiger partial charge in [-0.15, -0.1) is 0 Å². The minimum atomic E-state index is 0.796. The Balaban J connectivity index is 2.01. The van der Waals surface area contributed by atoms with Crippen molar-refractivity contribution in [2.45, 2.75) is 44.4 Å². The van der Waals surface area contributed by atoms with E-state index in [4.69, 9.17) is 5.73 Å². The van der Waals surface area contributed by atoms with Crippen molar-refractivity contribution in [1.29, 1.82) is 0 Å². The molecule has 1 heterocycles. The van der Waals surface area contributed by atoms with Crippen LogP contribution in [0.3, 0.4) is 0 Å². The van der Waals surface area contributed by atoms with Gasteiger partial charge in [-0.2, -0.15) is 0 Å². The molecule has 0 aliphatic heterocycles. The number of rotatable bonds is 3. The number of fused-ring (bicyclic) bond motifs is 1. The van der Waals surface area contributed by atoms with Crippen molar-refractivity contribution in [3.05, 3.63) is 22.5 Å². The zero-order valence-electron chi connectivity index (χ0n) is 8.60. The van der Waals surface area contributed by atoms with Gasteiger partial charge in [0, 0.05) is 11.4 Å². The van der Waals surface area contributed by atoms with Crippen LogP contribution < -0.4 is 5.73 Å². The lowest BCUT2D eigenvalue weighted by Crippen LogP contribution is -2.05. The predicted octanol–water partition coefficient (Wildman–Crippen LogP) is 1.88. The molecule has 2 aliphatic carbocycles. The lowest BCUT2D eigenvalue weighted by atomic mass is 10.0. The largest absolute Gasteiger partial charge is 0.362 e. The third-order valence-electron chi connectivity index (χ3n) is 3.57. The van der Waals surface area contributed by atoms with E-state index in [2.05, 4.69) is 4.98 Å². The lowest BCUT2D eigenvalue weighted by Gasteiger charge is -2.03. The van der Waals surface area contributed by atoms with Gasteiger partial charge in [0.1, 0.15) is 0 Å². The van der Waals surface area contributed by atoms with Crippen molar-refractivity contribution in [2.24, 2.45) is 5.73 Å². The van der Waals surface area contributed by atoms with Crippen LogP contribution in [-0.2, 0) is 19.3 Å². The standard InChI is InChI=1S/C12H18N2/c13-7-6-10-9-2-1-3-11(9)14-12(10)8-4-5-8/h8,14H,1-7,13H2. The van der Waals surface area contributed by atoms with Crippen LogP contribution in [0, 0.1) is 0 Å². The Hall–Kier alpha value is -0.760. The van der Waals surface area contributed by atoms with E-state index >= 15 is 0 Å². The number of hydrogen-bond donors (Lipinski definition) is 2. The Bertz CT molecular complexity index is 347. The monoisotopic (exact) mass is 190 g/mol. The first-order valence-corrected chi connectivity index (χ1v) is 5.82. The summed E-state index contributed by atoms with van der Waals surface area (Å²) in [6.07, 6.45) is 7.74. The number of aromatic amines is 1. The van der Waals surface area contributed by atoms with Crippen molar-refractivity contribution >= 4 is 0 Å². The Labute approximate surface area is 84.9 Å². The molecule has 1 fully saturated rings. The Morgan fingerprint density at radius 3 is 2.86 bits per heavy atom. The van der Waals surface area contributed by atoms with E-state index in [0.29, 0.717) is 0 Å². The fourth-order valence-corrected chi connectivity index (χ4v) is 2.77. The fraction of sp³-hybridized carbons (Fsp3) is 0.667. The Kier molecular flexibility index (Phi) is 1.91. The van der Waals surface area contributed by atoms with Crippen molar-refractivity contribution < 1.29 is 0 Å². The summed E-state index contributed by atoms with van der Waals surface area (Å²) in [6, 6.07) is 0. The molecular weight excluding hydrogens is 172 g/mol. The number of H-pyrrole nitrogens is 1. The average Bonchev–Trinajstić information content (AvgIpc) is 2.82. The molecule has 76 valence electrons. The molecule has 2 aliphatic rings. The molecule has 0 saturated heterocycles. The lowest BCUT2D eigenvalue weighted by molar-refractivity contribution is 0.849. The second-order valence-corrected chi connectivity index (χ2v) is 4.64. The van der Waals surface area contributed by atoms with Crippen LogP contribution in [0.2, 0.25) is 0 Å². The van der Waals surface area contributed by atoms with E-state index in [1.807, 2.05) is 0 Å². The molecule has 2 heteroatoms. The molecule has 1 aromatic heterocycles. The number of nitrogens with two attached hydrogens (primary N) is 1. The van der Waals surface area contributed by atoms with Crippen LogP contribution in [0.5, 0.6) is 0 Å². The summed E-state index contributed by atoms with van der Waals surface area (Å²) in [5.74, 6) is 0.849. The first-order chi connectivity index (χ1) is 6.90. The molecule has 1 aromatic rings. The second-order valence-electron chi connectivity index (χ2n) is 4.64. The quantitative estimate of drug-likeness (QED) is 0.750. The third kappa shape index (κ3) is 1.21. The average molecular weight is 190 g/mol. The number of nitrogens with one attached hydrogen (secondary N) is 1. The van der Waals surface area contributed by atoms with Crippen LogP contribution in [0.4, 0.5) is 0 Å². The molecule has 3 N–H and O–H groups in total. The molecule has 0 unspecified atom stereocenters. The molecule has 1 saturated carbocycles. The molecule has 2 nitrogen and oxygen atoms in total. The van der Waals surface area contributed by atoms with Crippen LogP contribution in [0.15, 0.2) is 0 Å². The van der Waals surface area contributed by atoms with Gasteiger partial charge in [-0.05, 0) is 62.1 Å². The zero-order chi connectivity index (χ0) is 9.54. The van der Waals surface area contributed by atoms with Gasteiger partial charge in [0.15, 0.2) is 0 Å². The van der Waals surface area contributed by atoms with Gasteiger partial charge in [0.05, 0.1) is 0 Å². The number of hydrogen-bond acceptors (Lipinski definition) is 1. The van der Waals surface area contributed by atoms with Gasteiger partial charge in [-0.1, -0.05) is 0 Å². The summed E-state index contributed by atoms with van der Waals surface area (Å²) in [7, 11) is 0. The Morgan fingerprint density at radius 1 is 1.29 bits per heavy atom. The highest BCUT2D eigenvalue weighted by Crippen LogP contribution is 2.44. The molecule has 14 heavy (non-hydrogen) atoms. The number of aryl methyl sites for hydroxylation is 1. The summed E-state index contributed by atoms with van der Waals surface area (Å²) < 4.78 is 0. The SMILES string of the molecule is NCCc1c(C2CC2)[nH]c2c1CCC2. The van der Waals surface area contributed by atoms with Gasteiger partial charge in [0.25, 0.3) is 0 Å². The van der Waals surface area contributed by atoms with E-state index in [0.717, 1.165) is 18.9 Å². The highest BCUT2D eigenvalue weighted by atomic mass is 14.8. The summed E-state index contributed by atoms with van der Waals surface area (Å²) in [6.45, 7) is 0.796. The summed E-state index contributed by atoms with van der Waals surface area (Å²) in [4.78, 5) is 3.65. The smallest absolute Gasteiger partial charge is 0.0216 e. The third-order valence-corrected chi connectivity index (χ3v) is 3.57. The first-order valence-electron chi connectivity index (χ1n) is 5.82. The molecule has 0 atom stereocenters. The maximum atomic E-state index is 5.69. The minimum Gasteiger partial charge on any atom is -0.362 e. The van der Waals surface area contributed by atoms with Crippen LogP contribution in [0.1, 0.15) is 47.7 Å². The van der Waals surface area contributed by atoms with Crippen molar-refractivity contribution in [3.63, 3.8) is 0 Å². The van der Waals surface area contributed by atoms with E-state index in [1.54, 1.807) is 16.8 Å². The number of aromatic nitrogens is 1. The van der Waals surface area contributed by atoms with Crippen molar-refractivity contribution in [2.75, 3.05) is 6.54 Å². The molecule has 0 amide bonds. The summed E-state index contributed by atoms with van der Waals surface area (Å²) in [5, 5.41) is 0. The van der Waals surface area contributed by atoms with E-state index in [-0.39, 0.29) is 0 Å². The van der Waals surface area contributed by atoms with Crippen LogP contribution in [-0.4, -0.2) is 11.5 Å². The molecular formula is C12H18N2. The van der Waals surface area contributed by atoms with Gasteiger partial charge >= 0.3 is 0 Å². The van der Waals surface area contributed by atoms with Crippen molar-refractivity contribution in [1.82, 2.24) is 4.98 Å². The Morgan fingerprint density at radius 2 is 2.14 bits per heavy atom. The summed E-state index contributed by atoms with van der Waals surface area (Å²) in [5.41, 5.74) is 12.0. The second kappa shape index (κ2) is 3.13. The molecule has 0 bridgehead atoms. The topological polar surface area (TPSA) is 41.8 Å². The predicted molar refractivity (Wildman–Crippen MR) is 57.6 cm³/mol. The maximum absolute atomic E-state index is 5.69. The normalized spacial score (nSPS) is 20.1. The minimum absolute atomic E-state index is 0.796. The highest BCUT2D eigenvalue weighted by Gasteiger charge is 2.31. The first kappa shape index (κ1) is 8.54. The van der Waals surface area contributed by atoms with E-state index in [1.165, 1.54) is 37.8 Å². The zero-order valence-corrected chi connectivity index (χ0v) is 8.60. The van der Waals surface area contributed by atoms with Crippen molar-refractivity contribution in [3.8, 4) is 0 Å². The summed E-state index contributed by atoms with van der Waals surface area (Å²) >= 11 is 0. The van der Waals surface area contributed by atoms with E-state index in [9.17, 15) is 0 Å². The molecule has 0 spiro atoms. The van der Waals surface area contributed by atoms with Gasteiger partial charge < -0.3 is 10.7 Å². The molecule has 3 rings (SSSR count). The fourth-order valence-electron chi connectivity index (χ4n) is 2.77. The van der Waals surface area contributed by atoms with E-state index < -0.39 is 0 Å². The molecule has 0 radical (unpaired) electrons. The van der Waals surface area contributed by atoms with Gasteiger partial charge in [-0.25, -0.2) is 0 Å². The molecule has 0 aromatic carbocycles. The van der Waals surface area contributed by atoms with Crippen LogP contribution in [0.25, 0.3) is 0 Å².